The molecule has 0 saturated carbocycles. The van der Waals surface area contributed by atoms with Crippen LogP contribution in [0.5, 0.6) is 0 Å². The molecule has 2 radical (unpaired) electrons. The first kappa shape index (κ1) is 10.1. The van der Waals surface area contributed by atoms with Crippen LogP contribution in [0, 0.1) is 0 Å². The summed E-state index contributed by atoms with van der Waals surface area (Å²) in [5.41, 5.74) is 16.7. The molecule has 0 spiro atoms. The number of hydrogen-bond acceptors (Lipinski definition) is 4. The van der Waals surface area contributed by atoms with Crippen LogP contribution >= 0.6 is 0 Å². The minimum absolute atomic E-state index is 0.0698. The molecule has 0 aliphatic carbocycles. The highest BCUT2D eigenvalue weighted by molar-refractivity contribution is 6.32. The Morgan fingerprint density at radius 1 is 1.60 bits per heavy atom. The number of rotatable bonds is 4. The van der Waals surface area contributed by atoms with Crippen molar-refractivity contribution in [2.45, 2.75) is 25.2 Å². The van der Waals surface area contributed by atoms with Gasteiger partial charge in [-0.25, -0.2) is 0 Å². The van der Waals surface area contributed by atoms with Crippen molar-refractivity contribution in [1.29, 1.82) is 0 Å². The van der Waals surface area contributed by atoms with Crippen LogP contribution in [0.2, 0.25) is 0 Å². The van der Waals surface area contributed by atoms with Gasteiger partial charge in [-0.05, 0) is 13.8 Å². The zero-order valence-electron chi connectivity index (χ0n) is 6.42. The van der Waals surface area contributed by atoms with Gasteiger partial charge in [-0.15, -0.1) is 0 Å². The van der Waals surface area contributed by atoms with Crippen LogP contribution in [0.3, 0.4) is 0 Å². The van der Waals surface area contributed by atoms with Crippen molar-refractivity contribution >= 4 is 9.76 Å². The van der Waals surface area contributed by atoms with Crippen molar-refractivity contribution in [2.75, 3.05) is 6.61 Å². The van der Waals surface area contributed by atoms with Crippen LogP contribution in [0.1, 0.15) is 13.8 Å². The van der Waals surface area contributed by atoms with Gasteiger partial charge in [-0.3, -0.25) is 0 Å². The van der Waals surface area contributed by atoms with E-state index in [9.17, 15) is 0 Å². The van der Waals surface area contributed by atoms with E-state index in [4.69, 9.17) is 21.6 Å². The van der Waals surface area contributed by atoms with Gasteiger partial charge >= 0.3 is 0 Å². The maximum Gasteiger partial charge on any atom is 0.270 e. The second-order valence-corrected chi connectivity index (χ2v) is 3.62. The van der Waals surface area contributed by atoms with Gasteiger partial charge in [-0.2, -0.15) is 0 Å². The molecule has 0 fully saturated rings. The lowest BCUT2D eigenvalue weighted by Gasteiger charge is -2.26. The first-order valence-electron chi connectivity index (χ1n) is 3.23. The molecular formula is C5H15N3OSi. The van der Waals surface area contributed by atoms with E-state index in [1.165, 1.54) is 0 Å². The van der Waals surface area contributed by atoms with E-state index in [1.54, 1.807) is 6.92 Å². The zero-order chi connectivity index (χ0) is 8.20. The van der Waals surface area contributed by atoms with Crippen LogP contribution in [-0.2, 0) is 4.43 Å². The van der Waals surface area contributed by atoms with Gasteiger partial charge in [0.15, 0.2) is 0 Å². The predicted octanol–water partition coefficient (Wildman–Crippen LogP) is -1.44. The van der Waals surface area contributed by atoms with Crippen molar-refractivity contribution < 1.29 is 4.43 Å². The van der Waals surface area contributed by atoms with Gasteiger partial charge in [0.2, 0.25) is 0 Å². The molecule has 10 heavy (non-hydrogen) atoms. The summed E-state index contributed by atoms with van der Waals surface area (Å²) in [6.07, 6.45) is 0. The fourth-order valence-corrected chi connectivity index (χ4v) is 0.870. The Bertz CT molecular complexity index is 96.9. The van der Waals surface area contributed by atoms with Crippen molar-refractivity contribution in [3.05, 3.63) is 0 Å². The Kier molecular flexibility index (Phi) is 4.07. The largest absolute Gasteiger partial charge is 0.414 e. The summed E-state index contributed by atoms with van der Waals surface area (Å²) < 4.78 is 5.06. The monoisotopic (exact) mass is 161 g/mol. The maximum absolute atomic E-state index is 5.59. The molecule has 60 valence electrons. The van der Waals surface area contributed by atoms with Crippen LogP contribution in [-0.4, -0.2) is 27.7 Å². The third kappa shape index (κ3) is 3.28. The highest BCUT2D eigenvalue weighted by Gasteiger charge is 2.26. The SMILES string of the molecule is CCO[Si]C(N)(N)C(C)N. The van der Waals surface area contributed by atoms with Crippen LogP contribution in [0.15, 0.2) is 0 Å². The fourth-order valence-electron chi connectivity index (χ4n) is 0.290. The number of hydrogen-bond donors (Lipinski definition) is 3. The lowest BCUT2D eigenvalue weighted by Crippen LogP contribution is -2.65. The summed E-state index contributed by atoms with van der Waals surface area (Å²) in [5, 5.41) is -0.865. The first-order chi connectivity index (χ1) is 4.50. The number of nitrogens with two attached hydrogens (primary N) is 3. The second-order valence-electron chi connectivity index (χ2n) is 2.26. The molecule has 0 rings (SSSR count). The van der Waals surface area contributed by atoms with E-state index in [-0.39, 0.29) is 15.8 Å². The summed E-state index contributed by atoms with van der Waals surface area (Å²) >= 11 is 0. The molecule has 0 heterocycles. The van der Waals surface area contributed by atoms with Crippen LogP contribution in [0.4, 0.5) is 0 Å². The molecule has 1 atom stereocenters. The van der Waals surface area contributed by atoms with Gasteiger partial charge in [0.25, 0.3) is 9.76 Å². The molecule has 0 bridgehead atoms. The Balaban J connectivity index is 3.63. The second kappa shape index (κ2) is 4.04. The van der Waals surface area contributed by atoms with E-state index in [0.29, 0.717) is 6.61 Å². The van der Waals surface area contributed by atoms with Gasteiger partial charge in [0.1, 0.15) is 0 Å². The Hall–Kier alpha value is 0.0569. The van der Waals surface area contributed by atoms with E-state index < -0.39 is 5.29 Å². The summed E-state index contributed by atoms with van der Waals surface area (Å²) in [5.74, 6) is 0. The highest BCUT2D eigenvalue weighted by atomic mass is 28.2. The van der Waals surface area contributed by atoms with E-state index >= 15 is 0 Å². The fraction of sp³-hybridized carbons (Fsp3) is 1.00. The molecule has 0 aromatic carbocycles. The quantitative estimate of drug-likeness (QED) is 0.348. The summed E-state index contributed by atoms with van der Waals surface area (Å²) in [7, 11) is 0.0698. The Morgan fingerprint density at radius 2 is 2.10 bits per heavy atom. The molecule has 0 amide bonds. The van der Waals surface area contributed by atoms with Crippen molar-refractivity contribution in [3.63, 3.8) is 0 Å². The molecule has 0 saturated heterocycles. The molecule has 0 aromatic heterocycles. The first-order valence-corrected chi connectivity index (χ1v) is 4.13. The molecule has 0 aliphatic heterocycles. The lowest BCUT2D eigenvalue weighted by molar-refractivity contribution is 0.325. The van der Waals surface area contributed by atoms with Crippen molar-refractivity contribution in [1.82, 2.24) is 0 Å². The van der Waals surface area contributed by atoms with Crippen molar-refractivity contribution in [2.24, 2.45) is 17.2 Å². The van der Waals surface area contributed by atoms with E-state index in [1.807, 2.05) is 6.92 Å². The highest BCUT2D eigenvalue weighted by Crippen LogP contribution is 1.93. The summed E-state index contributed by atoms with van der Waals surface area (Å²) in [6, 6.07) is -0.239. The molecule has 4 nitrogen and oxygen atoms in total. The molecule has 0 aliphatic rings. The normalized spacial score (nSPS) is 15.3. The zero-order valence-corrected chi connectivity index (χ0v) is 7.42. The molecule has 5 heteroatoms. The lowest BCUT2D eigenvalue weighted by atomic mass is 10.3. The van der Waals surface area contributed by atoms with E-state index in [2.05, 4.69) is 0 Å². The Labute approximate surface area is 64.0 Å². The third-order valence-corrected chi connectivity index (χ3v) is 2.39. The average molecular weight is 161 g/mol. The minimum atomic E-state index is -0.865. The standard InChI is InChI=1S/C5H15N3OSi/c1-3-9-10-5(7,8)4(2)6/h4H,3,6-8H2,1-2H3. The summed E-state index contributed by atoms with van der Waals surface area (Å²) in [6.45, 7) is 4.29. The van der Waals surface area contributed by atoms with Gasteiger partial charge in [0.05, 0.1) is 5.29 Å². The molecule has 1 unspecified atom stereocenters. The van der Waals surface area contributed by atoms with Crippen LogP contribution < -0.4 is 17.2 Å². The minimum Gasteiger partial charge on any atom is -0.414 e. The predicted molar refractivity (Wildman–Crippen MR) is 42.1 cm³/mol. The van der Waals surface area contributed by atoms with Gasteiger partial charge in [0, 0.05) is 12.6 Å². The average Bonchev–Trinajstić information content (AvgIpc) is 1.84. The topological polar surface area (TPSA) is 87.3 Å². The molecule has 6 N–H and O–H groups in total. The Morgan fingerprint density at radius 3 is 2.40 bits per heavy atom. The van der Waals surface area contributed by atoms with Crippen molar-refractivity contribution in [3.8, 4) is 0 Å². The van der Waals surface area contributed by atoms with Crippen LogP contribution in [0.25, 0.3) is 0 Å². The third-order valence-electron chi connectivity index (χ3n) is 1.15. The maximum atomic E-state index is 5.59. The van der Waals surface area contributed by atoms with Gasteiger partial charge in [-0.1, -0.05) is 0 Å². The van der Waals surface area contributed by atoms with E-state index in [0.717, 1.165) is 0 Å². The summed E-state index contributed by atoms with van der Waals surface area (Å²) in [4.78, 5) is 0. The molecular weight excluding hydrogens is 146 g/mol. The van der Waals surface area contributed by atoms with Gasteiger partial charge < -0.3 is 21.6 Å². The smallest absolute Gasteiger partial charge is 0.270 e. The molecule has 0 aromatic rings.